The van der Waals surface area contributed by atoms with Crippen LogP contribution in [0.4, 0.5) is 0 Å². The fraction of sp³-hybridized carbons (Fsp3) is 0.286. The Morgan fingerprint density at radius 1 is 0.906 bits per heavy atom. The van der Waals surface area contributed by atoms with Gasteiger partial charge in [0.2, 0.25) is 0 Å². The molecular formula is C28H28N2O2. The number of piperidine rings is 1. The summed E-state index contributed by atoms with van der Waals surface area (Å²) in [6.07, 6.45) is 2.19. The Morgan fingerprint density at radius 3 is 2.56 bits per heavy atom. The number of rotatable bonds is 3. The molecule has 0 radical (unpaired) electrons. The van der Waals surface area contributed by atoms with Crippen LogP contribution in [0.25, 0.3) is 10.9 Å². The van der Waals surface area contributed by atoms with Gasteiger partial charge < -0.3 is 15.2 Å². The van der Waals surface area contributed by atoms with E-state index in [4.69, 9.17) is 0 Å². The van der Waals surface area contributed by atoms with E-state index in [1.165, 1.54) is 22.2 Å². The Bertz CT molecular complexity index is 1280. The number of likely N-dealkylation sites (tertiary alicyclic amines) is 1. The maximum atomic E-state index is 12.4. The molecule has 3 aromatic carbocycles. The summed E-state index contributed by atoms with van der Waals surface area (Å²) in [5.41, 5.74) is 4.52. The Labute approximate surface area is 188 Å². The van der Waals surface area contributed by atoms with Crippen molar-refractivity contribution in [1.29, 1.82) is 0 Å². The van der Waals surface area contributed by atoms with Crippen LogP contribution in [0.1, 0.15) is 28.8 Å². The molecule has 4 heteroatoms. The van der Waals surface area contributed by atoms with Crippen molar-refractivity contribution in [2.45, 2.75) is 36.8 Å². The molecule has 0 saturated carbocycles. The molecule has 2 heterocycles. The highest BCUT2D eigenvalue weighted by Gasteiger charge is 2.57. The van der Waals surface area contributed by atoms with Crippen molar-refractivity contribution in [3.8, 4) is 5.75 Å². The van der Waals surface area contributed by atoms with Gasteiger partial charge in [-0.05, 0) is 47.9 Å². The summed E-state index contributed by atoms with van der Waals surface area (Å²) in [5.74, 6) is 0.258. The van der Waals surface area contributed by atoms with Crippen LogP contribution < -0.4 is 0 Å². The number of nitrogens with zero attached hydrogens (tertiary/aromatic N) is 1. The van der Waals surface area contributed by atoms with E-state index >= 15 is 0 Å². The van der Waals surface area contributed by atoms with Crippen molar-refractivity contribution in [3.63, 3.8) is 0 Å². The number of phenolic OH excluding ortho intramolecular Hbond substituents is 1. The molecule has 0 bridgehead atoms. The Kier molecular flexibility index (Phi) is 4.42. The number of phenols is 1. The Morgan fingerprint density at radius 2 is 1.72 bits per heavy atom. The number of aromatic nitrogens is 1. The largest absolute Gasteiger partial charge is 0.508 e. The molecule has 1 saturated heterocycles. The number of aromatic amines is 1. The van der Waals surface area contributed by atoms with E-state index in [-0.39, 0.29) is 5.75 Å². The minimum absolute atomic E-state index is 0.258. The number of nitrogens with one attached hydrogen (secondary N) is 1. The zero-order valence-corrected chi connectivity index (χ0v) is 18.1. The minimum Gasteiger partial charge on any atom is -0.508 e. The lowest BCUT2D eigenvalue weighted by Gasteiger charge is -2.56. The third kappa shape index (κ3) is 2.98. The molecule has 4 aromatic rings. The zero-order valence-electron chi connectivity index (χ0n) is 18.1. The van der Waals surface area contributed by atoms with Crippen molar-refractivity contribution in [2.75, 3.05) is 13.1 Å². The fourth-order valence-electron chi connectivity index (χ4n) is 6.16. The maximum absolute atomic E-state index is 12.4. The quantitative estimate of drug-likeness (QED) is 0.452. The van der Waals surface area contributed by atoms with Gasteiger partial charge in [-0.2, -0.15) is 0 Å². The number of fused-ring (bicyclic) bond motifs is 4. The van der Waals surface area contributed by atoms with Crippen LogP contribution in [-0.4, -0.2) is 38.8 Å². The molecule has 0 spiro atoms. The summed E-state index contributed by atoms with van der Waals surface area (Å²) >= 11 is 0. The van der Waals surface area contributed by atoms with Gasteiger partial charge in [-0.1, -0.05) is 60.7 Å². The lowest BCUT2D eigenvalue weighted by atomic mass is 9.56. The van der Waals surface area contributed by atoms with Gasteiger partial charge in [0.25, 0.3) is 0 Å². The van der Waals surface area contributed by atoms with E-state index in [0.29, 0.717) is 13.0 Å². The van der Waals surface area contributed by atoms with Crippen molar-refractivity contribution in [2.24, 2.45) is 0 Å². The van der Waals surface area contributed by atoms with Crippen LogP contribution in [0.15, 0.2) is 78.9 Å². The highest BCUT2D eigenvalue weighted by Crippen LogP contribution is 2.51. The van der Waals surface area contributed by atoms with Gasteiger partial charge in [-0.15, -0.1) is 0 Å². The average Bonchev–Trinajstić information content (AvgIpc) is 3.14. The molecule has 1 aromatic heterocycles. The summed E-state index contributed by atoms with van der Waals surface area (Å²) in [4.78, 5) is 6.02. The van der Waals surface area contributed by atoms with Gasteiger partial charge in [-0.3, -0.25) is 4.90 Å². The number of para-hydroxylation sites is 1. The van der Waals surface area contributed by atoms with Gasteiger partial charge in [0, 0.05) is 47.9 Å². The monoisotopic (exact) mass is 424 g/mol. The number of β-amino-alcohol motifs (C(OH)–C–C–N with tert-alkyl or cyclic N) is 1. The fourth-order valence-corrected chi connectivity index (χ4v) is 6.16. The maximum Gasteiger partial charge on any atom is 0.115 e. The molecule has 0 unspecified atom stereocenters. The van der Waals surface area contributed by atoms with Crippen LogP contribution in [0.2, 0.25) is 0 Å². The predicted molar refractivity (Wildman–Crippen MR) is 127 cm³/mol. The minimum atomic E-state index is -0.925. The van der Waals surface area contributed by atoms with E-state index < -0.39 is 11.0 Å². The third-order valence-corrected chi connectivity index (χ3v) is 7.73. The van der Waals surface area contributed by atoms with Crippen molar-refractivity contribution >= 4 is 10.9 Å². The van der Waals surface area contributed by atoms with Crippen molar-refractivity contribution in [1.82, 2.24) is 9.88 Å². The smallest absolute Gasteiger partial charge is 0.115 e. The molecular weight excluding hydrogens is 396 g/mol. The van der Waals surface area contributed by atoms with E-state index in [9.17, 15) is 10.2 Å². The molecule has 4 nitrogen and oxygen atoms in total. The van der Waals surface area contributed by atoms with Crippen LogP contribution in [0.5, 0.6) is 5.75 Å². The SMILES string of the molecule is Oc1cccc([C@@]23CCN(Cc4ccccc4)C[C@@]2(O)Cc2c([nH]c4ccccc24)C3)c1. The molecule has 162 valence electrons. The molecule has 3 N–H and O–H groups in total. The Hall–Kier alpha value is -3.08. The van der Waals surface area contributed by atoms with Crippen LogP contribution >= 0.6 is 0 Å². The first-order valence-corrected chi connectivity index (χ1v) is 11.4. The lowest BCUT2D eigenvalue weighted by molar-refractivity contribution is -0.105. The summed E-state index contributed by atoms with van der Waals surface area (Å²) in [6.45, 7) is 2.35. The second kappa shape index (κ2) is 7.22. The highest BCUT2D eigenvalue weighted by molar-refractivity contribution is 5.85. The highest BCUT2D eigenvalue weighted by atomic mass is 16.3. The van der Waals surface area contributed by atoms with Crippen molar-refractivity contribution < 1.29 is 10.2 Å². The molecule has 1 fully saturated rings. The van der Waals surface area contributed by atoms with E-state index in [1.54, 1.807) is 6.07 Å². The van der Waals surface area contributed by atoms with Gasteiger partial charge in [0.1, 0.15) is 5.75 Å². The molecule has 1 aliphatic carbocycles. The van der Waals surface area contributed by atoms with E-state index in [1.807, 2.05) is 18.2 Å². The standard InChI is InChI=1S/C28H28N2O2/c31-22-10-6-9-21(15-22)27-13-14-30(18-20-7-2-1-3-8-20)19-28(27,32)16-24-23-11-4-5-12-25(23)29-26(24)17-27/h1-12,15,29,31-32H,13-14,16-19H2/t27-,28-/m0/s1. The second-order valence-corrected chi connectivity index (χ2v) is 9.59. The molecule has 0 amide bonds. The number of hydrogen-bond donors (Lipinski definition) is 3. The molecule has 2 atom stereocenters. The summed E-state index contributed by atoms with van der Waals surface area (Å²) in [5, 5.41) is 23.9. The summed E-state index contributed by atoms with van der Waals surface area (Å²) < 4.78 is 0. The van der Waals surface area contributed by atoms with E-state index in [0.717, 1.165) is 37.0 Å². The Balaban J connectivity index is 1.45. The molecule has 1 aliphatic heterocycles. The molecule has 32 heavy (non-hydrogen) atoms. The predicted octanol–water partition coefficient (Wildman–Crippen LogP) is 4.55. The first-order chi connectivity index (χ1) is 15.6. The van der Waals surface area contributed by atoms with Gasteiger partial charge >= 0.3 is 0 Å². The molecule has 6 rings (SSSR count). The van der Waals surface area contributed by atoms with Gasteiger partial charge in [-0.25, -0.2) is 0 Å². The van der Waals surface area contributed by atoms with E-state index in [2.05, 4.69) is 64.5 Å². The van der Waals surface area contributed by atoms with Gasteiger partial charge in [0.05, 0.1) is 5.60 Å². The summed E-state index contributed by atoms with van der Waals surface area (Å²) in [6, 6.07) is 26.4. The first kappa shape index (κ1) is 19.6. The molecule has 2 aliphatic rings. The normalized spacial score (nSPS) is 25.4. The van der Waals surface area contributed by atoms with Crippen LogP contribution in [0.3, 0.4) is 0 Å². The van der Waals surface area contributed by atoms with Crippen LogP contribution in [0, 0.1) is 0 Å². The second-order valence-electron chi connectivity index (χ2n) is 9.59. The average molecular weight is 425 g/mol. The summed E-state index contributed by atoms with van der Waals surface area (Å²) in [7, 11) is 0. The number of hydrogen-bond acceptors (Lipinski definition) is 3. The topological polar surface area (TPSA) is 59.5 Å². The number of aromatic hydroxyl groups is 1. The number of aliphatic hydroxyl groups is 1. The number of benzene rings is 3. The first-order valence-electron chi connectivity index (χ1n) is 11.4. The zero-order chi connectivity index (χ0) is 21.8. The third-order valence-electron chi connectivity index (χ3n) is 7.73. The van der Waals surface area contributed by atoms with Gasteiger partial charge in [0.15, 0.2) is 0 Å². The van der Waals surface area contributed by atoms with Crippen LogP contribution in [-0.2, 0) is 24.8 Å². The number of H-pyrrole nitrogens is 1. The van der Waals surface area contributed by atoms with Crippen molar-refractivity contribution in [3.05, 3.63) is 101 Å². The lowest BCUT2D eigenvalue weighted by Crippen LogP contribution is -2.66.